The van der Waals surface area contributed by atoms with Crippen molar-refractivity contribution < 1.29 is 14.3 Å². The van der Waals surface area contributed by atoms with Gasteiger partial charge in [-0.05, 0) is 24.1 Å². The summed E-state index contributed by atoms with van der Waals surface area (Å²) in [5.41, 5.74) is 1.92. The van der Waals surface area contributed by atoms with Crippen molar-refractivity contribution in [3.8, 4) is 0 Å². The zero-order chi connectivity index (χ0) is 13.4. The molecule has 0 aliphatic heterocycles. The predicted octanol–water partition coefficient (Wildman–Crippen LogP) is 2.05. The van der Waals surface area contributed by atoms with Gasteiger partial charge in [0.1, 0.15) is 6.04 Å². The van der Waals surface area contributed by atoms with Crippen LogP contribution in [0.25, 0.3) is 0 Å². The van der Waals surface area contributed by atoms with Crippen LogP contribution in [-0.2, 0) is 20.9 Å². The number of rotatable bonds is 7. The Labute approximate surface area is 108 Å². The van der Waals surface area contributed by atoms with Gasteiger partial charge in [-0.1, -0.05) is 31.2 Å². The normalized spacial score (nSPS) is 12.2. The zero-order valence-corrected chi connectivity index (χ0v) is 11.2. The number of nitrogens with one attached hydrogen (secondary N) is 1. The van der Waals surface area contributed by atoms with Gasteiger partial charge >= 0.3 is 5.97 Å². The Balaban J connectivity index is 2.99. The molecule has 1 N–H and O–H groups in total. The first-order chi connectivity index (χ1) is 8.74. The van der Waals surface area contributed by atoms with E-state index in [0.717, 1.165) is 24.1 Å². The molecule has 4 heteroatoms. The van der Waals surface area contributed by atoms with E-state index in [1.54, 1.807) is 7.11 Å². The molecule has 0 saturated heterocycles. The van der Waals surface area contributed by atoms with Gasteiger partial charge in [0.15, 0.2) is 0 Å². The summed E-state index contributed by atoms with van der Waals surface area (Å²) in [6.45, 7) is 3.31. The summed E-state index contributed by atoms with van der Waals surface area (Å²) < 4.78 is 10.0. The number of hydrogen-bond acceptors (Lipinski definition) is 4. The highest BCUT2D eigenvalue weighted by Crippen LogP contribution is 2.20. The highest BCUT2D eigenvalue weighted by molar-refractivity contribution is 5.78. The van der Waals surface area contributed by atoms with Crippen LogP contribution in [0.5, 0.6) is 0 Å². The van der Waals surface area contributed by atoms with E-state index in [9.17, 15) is 4.79 Å². The summed E-state index contributed by atoms with van der Waals surface area (Å²) >= 11 is 0. The van der Waals surface area contributed by atoms with E-state index < -0.39 is 6.04 Å². The Morgan fingerprint density at radius 2 is 2.06 bits per heavy atom. The van der Waals surface area contributed by atoms with Gasteiger partial charge in [0.2, 0.25) is 0 Å². The highest BCUT2D eigenvalue weighted by atomic mass is 16.5. The second-order valence-electron chi connectivity index (χ2n) is 4.04. The lowest BCUT2D eigenvalue weighted by molar-refractivity contribution is -0.143. The zero-order valence-electron chi connectivity index (χ0n) is 11.2. The molecule has 0 fully saturated rings. The first kappa shape index (κ1) is 14.7. The number of esters is 1. The molecule has 1 rings (SSSR count). The van der Waals surface area contributed by atoms with Crippen LogP contribution in [-0.4, -0.2) is 26.7 Å². The quantitative estimate of drug-likeness (QED) is 0.753. The van der Waals surface area contributed by atoms with E-state index in [1.807, 2.05) is 24.3 Å². The fourth-order valence-electron chi connectivity index (χ4n) is 1.83. The Morgan fingerprint density at radius 1 is 1.33 bits per heavy atom. The molecule has 1 unspecified atom stereocenters. The standard InChI is InChI=1S/C14H21NO3/c1-4-9-15-13(14(16)18-3)12-8-6-5-7-11(12)10-17-2/h5-8,13,15H,4,9-10H2,1-3H3. The van der Waals surface area contributed by atoms with Crippen LogP contribution in [0.4, 0.5) is 0 Å². The highest BCUT2D eigenvalue weighted by Gasteiger charge is 2.22. The molecule has 1 aromatic carbocycles. The minimum absolute atomic E-state index is 0.271. The summed E-state index contributed by atoms with van der Waals surface area (Å²) in [6.07, 6.45) is 0.958. The van der Waals surface area contributed by atoms with Crippen LogP contribution in [0.3, 0.4) is 0 Å². The molecular formula is C14H21NO3. The average Bonchev–Trinajstić information content (AvgIpc) is 2.40. The lowest BCUT2D eigenvalue weighted by atomic mass is 10.0. The van der Waals surface area contributed by atoms with Crippen LogP contribution in [0.1, 0.15) is 30.5 Å². The number of hydrogen-bond donors (Lipinski definition) is 1. The number of carbonyl (C=O) groups is 1. The van der Waals surface area contributed by atoms with Gasteiger partial charge in [-0.25, -0.2) is 4.79 Å². The van der Waals surface area contributed by atoms with Gasteiger partial charge < -0.3 is 14.8 Å². The lowest BCUT2D eigenvalue weighted by Crippen LogP contribution is -2.31. The number of carbonyl (C=O) groups excluding carboxylic acids is 1. The van der Waals surface area contributed by atoms with Gasteiger partial charge in [0, 0.05) is 7.11 Å². The SMILES string of the molecule is CCCNC(C(=O)OC)c1ccccc1COC. The Kier molecular flexibility index (Phi) is 6.39. The molecule has 0 saturated carbocycles. The van der Waals surface area contributed by atoms with Crippen molar-refractivity contribution >= 4 is 5.97 Å². The van der Waals surface area contributed by atoms with Crippen molar-refractivity contribution in [2.45, 2.75) is 26.0 Å². The fourth-order valence-corrected chi connectivity index (χ4v) is 1.83. The lowest BCUT2D eigenvalue weighted by Gasteiger charge is -2.19. The van der Waals surface area contributed by atoms with E-state index in [0.29, 0.717) is 6.61 Å². The van der Waals surface area contributed by atoms with Gasteiger partial charge in [0.25, 0.3) is 0 Å². The van der Waals surface area contributed by atoms with Gasteiger partial charge in [-0.15, -0.1) is 0 Å². The van der Waals surface area contributed by atoms with Crippen molar-refractivity contribution in [3.05, 3.63) is 35.4 Å². The molecule has 0 aromatic heterocycles. The molecule has 1 aromatic rings. The third-order valence-electron chi connectivity index (χ3n) is 2.70. The maximum atomic E-state index is 11.8. The van der Waals surface area contributed by atoms with E-state index in [2.05, 4.69) is 12.2 Å². The second-order valence-corrected chi connectivity index (χ2v) is 4.04. The summed E-state index contributed by atoms with van der Waals surface area (Å²) in [4.78, 5) is 11.8. The summed E-state index contributed by atoms with van der Waals surface area (Å²) in [7, 11) is 3.05. The second kappa shape index (κ2) is 7.84. The summed E-state index contributed by atoms with van der Waals surface area (Å²) in [5.74, 6) is -0.271. The number of benzene rings is 1. The van der Waals surface area contributed by atoms with E-state index in [-0.39, 0.29) is 5.97 Å². The monoisotopic (exact) mass is 251 g/mol. The van der Waals surface area contributed by atoms with E-state index in [1.165, 1.54) is 7.11 Å². The fraction of sp³-hybridized carbons (Fsp3) is 0.500. The average molecular weight is 251 g/mol. The molecule has 0 aliphatic carbocycles. The van der Waals surface area contributed by atoms with Gasteiger partial charge in [-0.3, -0.25) is 0 Å². The van der Waals surface area contributed by atoms with Crippen LogP contribution >= 0.6 is 0 Å². The Morgan fingerprint density at radius 3 is 2.67 bits per heavy atom. The first-order valence-electron chi connectivity index (χ1n) is 6.12. The first-order valence-corrected chi connectivity index (χ1v) is 6.12. The van der Waals surface area contributed by atoms with E-state index in [4.69, 9.17) is 9.47 Å². The maximum absolute atomic E-state index is 11.8. The van der Waals surface area contributed by atoms with Crippen molar-refractivity contribution in [2.24, 2.45) is 0 Å². The number of methoxy groups -OCH3 is 2. The summed E-state index contributed by atoms with van der Waals surface area (Å²) in [6, 6.07) is 7.31. The molecule has 0 radical (unpaired) electrons. The van der Waals surface area contributed by atoms with Crippen molar-refractivity contribution in [1.82, 2.24) is 5.32 Å². The predicted molar refractivity (Wildman–Crippen MR) is 70.2 cm³/mol. The molecule has 18 heavy (non-hydrogen) atoms. The van der Waals surface area contributed by atoms with Crippen molar-refractivity contribution in [1.29, 1.82) is 0 Å². The van der Waals surface area contributed by atoms with Gasteiger partial charge in [0.05, 0.1) is 13.7 Å². The van der Waals surface area contributed by atoms with Crippen LogP contribution in [0.2, 0.25) is 0 Å². The molecule has 1 atom stereocenters. The molecule has 100 valence electrons. The van der Waals surface area contributed by atoms with Crippen LogP contribution < -0.4 is 5.32 Å². The van der Waals surface area contributed by atoms with E-state index >= 15 is 0 Å². The van der Waals surface area contributed by atoms with Gasteiger partial charge in [-0.2, -0.15) is 0 Å². The Bertz CT molecular complexity index is 379. The molecule has 0 bridgehead atoms. The van der Waals surface area contributed by atoms with Crippen LogP contribution in [0.15, 0.2) is 24.3 Å². The molecule has 0 amide bonds. The molecule has 0 aliphatic rings. The number of ether oxygens (including phenoxy) is 2. The molecule has 0 heterocycles. The molecule has 4 nitrogen and oxygen atoms in total. The third kappa shape index (κ3) is 3.82. The minimum atomic E-state index is -0.429. The topological polar surface area (TPSA) is 47.6 Å². The Hall–Kier alpha value is -1.39. The summed E-state index contributed by atoms with van der Waals surface area (Å²) in [5, 5.41) is 3.21. The van der Waals surface area contributed by atoms with Crippen molar-refractivity contribution in [3.63, 3.8) is 0 Å². The maximum Gasteiger partial charge on any atom is 0.327 e. The third-order valence-corrected chi connectivity index (χ3v) is 2.70. The molecular weight excluding hydrogens is 230 g/mol. The van der Waals surface area contributed by atoms with Crippen LogP contribution in [0, 0.1) is 0 Å². The minimum Gasteiger partial charge on any atom is -0.468 e. The van der Waals surface area contributed by atoms with Crippen molar-refractivity contribution in [2.75, 3.05) is 20.8 Å². The smallest absolute Gasteiger partial charge is 0.327 e. The molecule has 0 spiro atoms. The largest absolute Gasteiger partial charge is 0.468 e.